The second-order valence-corrected chi connectivity index (χ2v) is 4.86. The maximum absolute atomic E-state index is 11.8. The molecule has 0 fully saturated rings. The van der Waals surface area contributed by atoms with E-state index in [1.807, 2.05) is 31.7 Å². The minimum absolute atomic E-state index is 0.0557. The van der Waals surface area contributed by atoms with Gasteiger partial charge in [-0.1, -0.05) is 13.8 Å². The number of likely N-dealkylation sites (N-methyl/N-ethyl adjacent to an activating group) is 1. The molecule has 0 saturated carbocycles. The van der Waals surface area contributed by atoms with Crippen LogP contribution in [0, 0.1) is 13.8 Å². The molecule has 1 rings (SSSR count). The summed E-state index contributed by atoms with van der Waals surface area (Å²) < 4.78 is 1.83. The highest BCUT2D eigenvalue weighted by Crippen LogP contribution is 2.13. The number of carbonyl (C=O) groups is 1. The molecule has 0 aliphatic rings. The van der Waals surface area contributed by atoms with Gasteiger partial charge in [-0.15, -0.1) is 0 Å². The van der Waals surface area contributed by atoms with E-state index in [4.69, 9.17) is 0 Å². The van der Waals surface area contributed by atoms with E-state index in [9.17, 15) is 4.79 Å². The molecule has 0 atom stereocenters. The molecule has 0 spiro atoms. The van der Waals surface area contributed by atoms with E-state index >= 15 is 0 Å². The molecule has 0 aliphatic carbocycles. The fourth-order valence-corrected chi connectivity index (χ4v) is 2.13. The third-order valence-electron chi connectivity index (χ3n) is 3.59. The summed E-state index contributed by atoms with van der Waals surface area (Å²) in [4.78, 5) is 14.0. The Morgan fingerprint density at radius 2 is 2.00 bits per heavy atom. The number of aryl methyl sites for hydroxylation is 2. The lowest BCUT2D eigenvalue weighted by Crippen LogP contribution is -2.34. The molecule has 1 aromatic rings. The number of amides is 1. The van der Waals surface area contributed by atoms with Gasteiger partial charge < -0.3 is 10.2 Å². The van der Waals surface area contributed by atoms with Crippen molar-refractivity contribution in [3.05, 3.63) is 23.0 Å². The first-order valence-corrected chi connectivity index (χ1v) is 7.18. The van der Waals surface area contributed by atoms with E-state index in [2.05, 4.69) is 29.2 Å². The molecule has 1 N–H and O–H groups in total. The Hall–Kier alpha value is -1.62. The molecular formula is C15H26N4O. The first-order chi connectivity index (χ1) is 9.49. The van der Waals surface area contributed by atoms with Gasteiger partial charge in [0.05, 0.1) is 5.69 Å². The summed E-state index contributed by atoms with van der Waals surface area (Å²) in [6, 6.07) is 0. The third kappa shape index (κ3) is 4.49. The highest BCUT2D eigenvalue weighted by Gasteiger charge is 2.06. The van der Waals surface area contributed by atoms with Gasteiger partial charge in [-0.3, -0.25) is 9.48 Å². The highest BCUT2D eigenvalue weighted by atomic mass is 16.1. The maximum Gasteiger partial charge on any atom is 0.244 e. The maximum atomic E-state index is 11.8. The minimum atomic E-state index is -0.0557. The SMILES string of the molecule is CCN(CC)CCNC(=O)/C=C/c1c(C)nn(C)c1C. The van der Waals surface area contributed by atoms with Gasteiger partial charge in [-0.2, -0.15) is 5.10 Å². The van der Waals surface area contributed by atoms with Crippen LogP contribution in [0.15, 0.2) is 6.08 Å². The van der Waals surface area contributed by atoms with Crippen LogP contribution in [0.5, 0.6) is 0 Å². The molecule has 1 aromatic heterocycles. The van der Waals surface area contributed by atoms with Crippen LogP contribution < -0.4 is 5.32 Å². The normalized spacial score (nSPS) is 11.5. The lowest BCUT2D eigenvalue weighted by Gasteiger charge is -2.17. The summed E-state index contributed by atoms with van der Waals surface area (Å²) in [6.07, 6.45) is 3.42. The van der Waals surface area contributed by atoms with Gasteiger partial charge in [0.15, 0.2) is 0 Å². The van der Waals surface area contributed by atoms with Crippen LogP contribution in [0.2, 0.25) is 0 Å². The molecule has 0 aliphatic heterocycles. The van der Waals surface area contributed by atoms with Crippen molar-refractivity contribution in [2.24, 2.45) is 7.05 Å². The van der Waals surface area contributed by atoms with Crippen molar-refractivity contribution >= 4 is 12.0 Å². The smallest absolute Gasteiger partial charge is 0.244 e. The molecule has 20 heavy (non-hydrogen) atoms. The first kappa shape index (κ1) is 16.4. The molecule has 112 valence electrons. The van der Waals surface area contributed by atoms with Crippen LogP contribution in [0.3, 0.4) is 0 Å². The Kier molecular flexibility index (Phi) is 6.45. The van der Waals surface area contributed by atoms with Crippen LogP contribution in [0.4, 0.5) is 0 Å². The average Bonchev–Trinajstić information content (AvgIpc) is 2.66. The first-order valence-electron chi connectivity index (χ1n) is 7.18. The lowest BCUT2D eigenvalue weighted by atomic mass is 10.2. The van der Waals surface area contributed by atoms with Crippen LogP contribution in [0.1, 0.15) is 30.8 Å². The fraction of sp³-hybridized carbons (Fsp3) is 0.600. The number of carbonyl (C=O) groups excluding carboxylic acids is 1. The van der Waals surface area contributed by atoms with Crippen LogP contribution in [0.25, 0.3) is 6.08 Å². The van der Waals surface area contributed by atoms with E-state index < -0.39 is 0 Å². The Balaban J connectivity index is 2.48. The van der Waals surface area contributed by atoms with Crippen molar-refractivity contribution in [1.29, 1.82) is 0 Å². The predicted molar refractivity (Wildman–Crippen MR) is 82.5 cm³/mol. The van der Waals surface area contributed by atoms with E-state index in [0.29, 0.717) is 6.54 Å². The van der Waals surface area contributed by atoms with Gasteiger partial charge >= 0.3 is 0 Å². The van der Waals surface area contributed by atoms with Crippen molar-refractivity contribution in [3.8, 4) is 0 Å². The topological polar surface area (TPSA) is 50.2 Å². The standard InChI is InChI=1S/C15H26N4O/c1-6-19(7-2)11-10-16-15(20)9-8-14-12(3)17-18(5)13(14)4/h8-9H,6-7,10-11H2,1-5H3,(H,16,20)/b9-8+. The van der Waals surface area contributed by atoms with E-state index in [0.717, 1.165) is 36.6 Å². The van der Waals surface area contributed by atoms with Gasteiger partial charge in [0.2, 0.25) is 5.91 Å². The Morgan fingerprint density at radius 3 is 2.50 bits per heavy atom. The third-order valence-corrected chi connectivity index (χ3v) is 3.59. The highest BCUT2D eigenvalue weighted by molar-refractivity contribution is 5.91. The summed E-state index contributed by atoms with van der Waals surface area (Å²) in [5.74, 6) is -0.0557. The summed E-state index contributed by atoms with van der Waals surface area (Å²) in [7, 11) is 1.91. The van der Waals surface area contributed by atoms with Crippen LogP contribution in [-0.4, -0.2) is 46.8 Å². The van der Waals surface area contributed by atoms with Crippen molar-refractivity contribution in [3.63, 3.8) is 0 Å². The summed E-state index contributed by atoms with van der Waals surface area (Å²) in [5, 5.41) is 7.23. The number of rotatable bonds is 7. The van der Waals surface area contributed by atoms with Gasteiger partial charge in [-0.05, 0) is 33.0 Å². The molecule has 0 saturated heterocycles. The fourth-order valence-electron chi connectivity index (χ4n) is 2.13. The summed E-state index contributed by atoms with van der Waals surface area (Å²) in [6.45, 7) is 11.8. The lowest BCUT2D eigenvalue weighted by molar-refractivity contribution is -0.116. The number of hydrogen-bond donors (Lipinski definition) is 1. The van der Waals surface area contributed by atoms with Gasteiger partial charge in [0, 0.05) is 37.5 Å². The van der Waals surface area contributed by atoms with E-state index in [1.54, 1.807) is 6.08 Å². The summed E-state index contributed by atoms with van der Waals surface area (Å²) >= 11 is 0. The Labute approximate surface area is 121 Å². The van der Waals surface area contributed by atoms with Crippen LogP contribution >= 0.6 is 0 Å². The van der Waals surface area contributed by atoms with Crippen molar-refractivity contribution < 1.29 is 4.79 Å². The van der Waals surface area contributed by atoms with E-state index in [1.165, 1.54) is 0 Å². The van der Waals surface area contributed by atoms with Crippen molar-refractivity contribution in [1.82, 2.24) is 20.0 Å². The zero-order valence-corrected chi connectivity index (χ0v) is 13.2. The zero-order valence-electron chi connectivity index (χ0n) is 13.2. The summed E-state index contributed by atoms with van der Waals surface area (Å²) in [5.41, 5.74) is 3.03. The van der Waals surface area contributed by atoms with Crippen molar-refractivity contribution in [2.75, 3.05) is 26.2 Å². The number of aromatic nitrogens is 2. The second kappa shape index (κ2) is 7.85. The van der Waals surface area contributed by atoms with Gasteiger partial charge in [-0.25, -0.2) is 0 Å². The number of nitrogens with zero attached hydrogens (tertiary/aromatic N) is 3. The predicted octanol–water partition coefficient (Wildman–Crippen LogP) is 1.51. The Bertz CT molecular complexity index is 472. The quantitative estimate of drug-likeness (QED) is 0.769. The average molecular weight is 278 g/mol. The number of nitrogens with one attached hydrogen (secondary N) is 1. The molecule has 1 amide bonds. The molecular weight excluding hydrogens is 252 g/mol. The van der Waals surface area contributed by atoms with Gasteiger partial charge in [0.1, 0.15) is 0 Å². The second-order valence-electron chi connectivity index (χ2n) is 4.86. The zero-order chi connectivity index (χ0) is 15.1. The molecule has 0 radical (unpaired) electrons. The van der Waals surface area contributed by atoms with Crippen molar-refractivity contribution in [2.45, 2.75) is 27.7 Å². The minimum Gasteiger partial charge on any atom is -0.351 e. The molecule has 5 nitrogen and oxygen atoms in total. The Morgan fingerprint density at radius 1 is 1.35 bits per heavy atom. The van der Waals surface area contributed by atoms with E-state index in [-0.39, 0.29) is 5.91 Å². The number of hydrogen-bond acceptors (Lipinski definition) is 3. The molecule has 1 heterocycles. The molecule has 0 unspecified atom stereocenters. The monoisotopic (exact) mass is 278 g/mol. The largest absolute Gasteiger partial charge is 0.351 e. The molecule has 0 bridgehead atoms. The van der Waals surface area contributed by atoms with Gasteiger partial charge in [0.25, 0.3) is 0 Å². The van der Waals surface area contributed by atoms with Crippen LogP contribution in [-0.2, 0) is 11.8 Å². The molecule has 0 aromatic carbocycles. The molecule has 5 heteroatoms.